The summed E-state index contributed by atoms with van der Waals surface area (Å²) in [5, 5.41) is 21.7. The van der Waals surface area contributed by atoms with Crippen LogP contribution in [-0.2, 0) is 4.79 Å². The van der Waals surface area contributed by atoms with E-state index in [9.17, 15) is 15.0 Å². The number of allylic oxidation sites excluding steroid dienone is 3. The first kappa shape index (κ1) is 29.9. The molecule has 0 saturated carbocycles. The second kappa shape index (κ2) is 23.5. The Balaban J connectivity index is 3.40. The van der Waals surface area contributed by atoms with Crippen LogP contribution in [-0.4, -0.2) is 34.9 Å². The van der Waals surface area contributed by atoms with Gasteiger partial charge in [0.15, 0.2) is 0 Å². The van der Waals surface area contributed by atoms with Crippen molar-refractivity contribution in [1.82, 2.24) is 5.32 Å². The summed E-state index contributed by atoms with van der Waals surface area (Å²) in [6.07, 6.45) is 29.7. The summed E-state index contributed by atoms with van der Waals surface area (Å²) in [6.45, 7) is 3.38. The molecule has 0 radical (unpaired) electrons. The van der Waals surface area contributed by atoms with Crippen LogP contribution in [0, 0.1) is 0 Å². The lowest BCUT2D eigenvalue weighted by molar-refractivity contribution is -0.120. The Morgan fingerprint density at radius 3 is 1.68 bits per heavy atom. The van der Waals surface area contributed by atoms with Gasteiger partial charge in [0.25, 0.3) is 0 Å². The van der Waals surface area contributed by atoms with Crippen LogP contribution in [0.3, 0.4) is 0 Å². The van der Waals surface area contributed by atoms with Crippen LogP contribution in [0.2, 0.25) is 0 Å². The molecule has 2 unspecified atom stereocenters. The maximum Gasteiger partial charge on any atom is 0.217 e. The third-order valence-electron chi connectivity index (χ3n) is 5.72. The van der Waals surface area contributed by atoms with E-state index in [2.05, 4.69) is 24.4 Å². The number of hydrogen-bond acceptors (Lipinski definition) is 3. The predicted molar refractivity (Wildman–Crippen MR) is 133 cm³/mol. The molecule has 1 amide bonds. The number of nitrogens with one attached hydrogen (secondary N) is 1. The molecular formula is C27H51NO3. The van der Waals surface area contributed by atoms with Gasteiger partial charge in [0.05, 0.1) is 18.8 Å². The number of aliphatic hydroxyl groups is 2. The van der Waals surface area contributed by atoms with Crippen molar-refractivity contribution in [2.75, 3.05) is 6.61 Å². The van der Waals surface area contributed by atoms with Gasteiger partial charge in [-0.2, -0.15) is 0 Å². The van der Waals surface area contributed by atoms with Gasteiger partial charge in [0, 0.05) is 6.92 Å². The van der Waals surface area contributed by atoms with Gasteiger partial charge in [0.2, 0.25) is 5.91 Å². The number of carbonyl (C=O) groups excluding carboxylic acids is 1. The van der Waals surface area contributed by atoms with Gasteiger partial charge in [-0.05, 0) is 25.7 Å². The van der Waals surface area contributed by atoms with Gasteiger partial charge in [-0.25, -0.2) is 0 Å². The summed E-state index contributed by atoms with van der Waals surface area (Å²) in [5.41, 5.74) is 0. The van der Waals surface area contributed by atoms with Crippen molar-refractivity contribution < 1.29 is 15.0 Å². The average Bonchev–Trinajstić information content (AvgIpc) is 2.75. The SMILES string of the molecule is CCCCCCCCCCCCCCCC/C=C/CC/C=C/C(O)C(CO)NC(C)=O. The maximum atomic E-state index is 11.0. The smallest absolute Gasteiger partial charge is 0.217 e. The fourth-order valence-corrected chi connectivity index (χ4v) is 3.75. The molecule has 0 aliphatic rings. The minimum Gasteiger partial charge on any atom is -0.394 e. The highest BCUT2D eigenvalue weighted by Crippen LogP contribution is 2.13. The number of hydrogen-bond donors (Lipinski definition) is 3. The van der Waals surface area contributed by atoms with Gasteiger partial charge in [-0.1, -0.05) is 115 Å². The molecule has 4 heteroatoms. The Morgan fingerprint density at radius 2 is 1.19 bits per heavy atom. The van der Waals surface area contributed by atoms with E-state index in [1.165, 1.54) is 96.8 Å². The molecule has 2 atom stereocenters. The Bertz CT molecular complexity index is 448. The molecule has 0 aliphatic heterocycles. The van der Waals surface area contributed by atoms with Crippen molar-refractivity contribution in [2.24, 2.45) is 0 Å². The Hall–Kier alpha value is -1.13. The molecule has 182 valence electrons. The van der Waals surface area contributed by atoms with E-state index >= 15 is 0 Å². The molecular weight excluding hydrogens is 386 g/mol. The first-order valence-electron chi connectivity index (χ1n) is 13.0. The van der Waals surface area contributed by atoms with Crippen molar-refractivity contribution >= 4 is 5.91 Å². The van der Waals surface area contributed by atoms with Crippen molar-refractivity contribution in [3.63, 3.8) is 0 Å². The van der Waals surface area contributed by atoms with Crippen LogP contribution in [0.1, 0.15) is 123 Å². The summed E-state index contributed by atoms with van der Waals surface area (Å²) in [4.78, 5) is 11.0. The second-order valence-electron chi connectivity index (χ2n) is 8.84. The van der Waals surface area contributed by atoms with E-state index in [0.29, 0.717) is 0 Å². The van der Waals surface area contributed by atoms with E-state index in [1.807, 2.05) is 6.08 Å². The minimum absolute atomic E-state index is 0.252. The van der Waals surface area contributed by atoms with Gasteiger partial charge in [0.1, 0.15) is 0 Å². The summed E-state index contributed by atoms with van der Waals surface area (Å²) < 4.78 is 0. The monoisotopic (exact) mass is 437 g/mol. The quantitative estimate of drug-likeness (QED) is 0.132. The highest BCUT2D eigenvalue weighted by molar-refractivity contribution is 5.73. The largest absolute Gasteiger partial charge is 0.394 e. The lowest BCUT2D eigenvalue weighted by Crippen LogP contribution is -2.44. The normalized spacial score (nSPS) is 13.8. The zero-order chi connectivity index (χ0) is 23.0. The summed E-state index contributed by atoms with van der Waals surface area (Å²) in [7, 11) is 0. The zero-order valence-electron chi connectivity index (χ0n) is 20.5. The van der Waals surface area contributed by atoms with E-state index in [1.54, 1.807) is 6.08 Å². The van der Waals surface area contributed by atoms with E-state index in [-0.39, 0.29) is 12.5 Å². The predicted octanol–water partition coefficient (Wildman–Crippen LogP) is 6.61. The molecule has 4 nitrogen and oxygen atoms in total. The Kier molecular flexibility index (Phi) is 22.7. The van der Waals surface area contributed by atoms with Gasteiger partial charge in [-0.3, -0.25) is 4.79 Å². The van der Waals surface area contributed by atoms with Crippen LogP contribution in [0.15, 0.2) is 24.3 Å². The summed E-state index contributed by atoms with van der Waals surface area (Å²) in [5.74, 6) is -0.252. The minimum atomic E-state index is -0.853. The Morgan fingerprint density at radius 1 is 0.742 bits per heavy atom. The molecule has 0 heterocycles. The highest BCUT2D eigenvalue weighted by Gasteiger charge is 2.15. The van der Waals surface area contributed by atoms with Crippen LogP contribution in [0.4, 0.5) is 0 Å². The Labute approximate surface area is 192 Å². The molecule has 3 N–H and O–H groups in total. The van der Waals surface area contributed by atoms with E-state index in [0.717, 1.165) is 19.3 Å². The number of amides is 1. The van der Waals surface area contributed by atoms with Crippen molar-refractivity contribution in [3.05, 3.63) is 24.3 Å². The average molecular weight is 438 g/mol. The third kappa shape index (κ3) is 21.9. The topological polar surface area (TPSA) is 69.6 Å². The molecule has 31 heavy (non-hydrogen) atoms. The summed E-state index contributed by atoms with van der Waals surface area (Å²) >= 11 is 0. The zero-order valence-corrected chi connectivity index (χ0v) is 20.5. The van der Waals surface area contributed by atoms with Gasteiger partial charge < -0.3 is 15.5 Å². The molecule has 0 aromatic carbocycles. The molecule has 0 bridgehead atoms. The number of carbonyl (C=O) groups is 1. The van der Waals surface area contributed by atoms with Crippen LogP contribution >= 0.6 is 0 Å². The van der Waals surface area contributed by atoms with Crippen LogP contribution < -0.4 is 5.32 Å². The summed E-state index contributed by atoms with van der Waals surface area (Å²) in [6, 6.07) is -0.635. The van der Waals surface area contributed by atoms with E-state index < -0.39 is 12.1 Å². The van der Waals surface area contributed by atoms with Crippen LogP contribution in [0.25, 0.3) is 0 Å². The fraction of sp³-hybridized carbons (Fsp3) is 0.815. The number of unbranched alkanes of at least 4 members (excludes halogenated alkanes) is 15. The fourth-order valence-electron chi connectivity index (χ4n) is 3.75. The van der Waals surface area contributed by atoms with Crippen molar-refractivity contribution in [1.29, 1.82) is 0 Å². The molecule has 0 spiro atoms. The molecule has 0 fully saturated rings. The molecule has 0 saturated heterocycles. The first-order chi connectivity index (χ1) is 15.1. The van der Waals surface area contributed by atoms with Crippen LogP contribution in [0.5, 0.6) is 0 Å². The van der Waals surface area contributed by atoms with Gasteiger partial charge in [-0.15, -0.1) is 0 Å². The maximum absolute atomic E-state index is 11.0. The van der Waals surface area contributed by atoms with E-state index in [4.69, 9.17) is 0 Å². The third-order valence-corrected chi connectivity index (χ3v) is 5.72. The molecule has 0 aromatic heterocycles. The molecule has 0 aliphatic carbocycles. The van der Waals surface area contributed by atoms with Crippen molar-refractivity contribution in [2.45, 2.75) is 135 Å². The second-order valence-corrected chi connectivity index (χ2v) is 8.84. The van der Waals surface area contributed by atoms with Crippen molar-refractivity contribution in [3.8, 4) is 0 Å². The van der Waals surface area contributed by atoms with Gasteiger partial charge >= 0.3 is 0 Å². The molecule has 0 rings (SSSR count). The highest BCUT2D eigenvalue weighted by atomic mass is 16.3. The molecule has 0 aromatic rings. The number of rotatable bonds is 22. The lowest BCUT2D eigenvalue weighted by atomic mass is 10.0. The number of aliphatic hydroxyl groups excluding tert-OH is 2. The standard InChI is InChI=1S/C27H51NO3/c1-3-4-5-6-7-8-9-10-11-12-13-14-15-16-17-18-19-20-21-22-23-27(31)26(24-29)28-25(2)30/h18-19,22-23,26-27,29,31H,3-17,20-21,24H2,1-2H3,(H,28,30)/b19-18+,23-22+. The first-order valence-corrected chi connectivity index (χ1v) is 13.0. The lowest BCUT2D eigenvalue weighted by Gasteiger charge is -2.18.